The van der Waals surface area contributed by atoms with Crippen LogP contribution in [0, 0.1) is 0 Å². The van der Waals surface area contributed by atoms with Crippen LogP contribution in [0.2, 0.25) is 0 Å². The summed E-state index contributed by atoms with van der Waals surface area (Å²) in [5.74, 6) is 1.55. The highest BCUT2D eigenvalue weighted by molar-refractivity contribution is 5.40. The molecule has 100 valence electrons. The van der Waals surface area contributed by atoms with Crippen LogP contribution in [0.15, 0.2) is 18.2 Å². The number of β-amino-alcohol motifs (C(OH)–C–C–N with tert-alkyl or cyclic N) is 2. The van der Waals surface area contributed by atoms with Gasteiger partial charge in [-0.05, 0) is 18.2 Å². The van der Waals surface area contributed by atoms with Gasteiger partial charge in [0.15, 0.2) is 0 Å². The van der Waals surface area contributed by atoms with Gasteiger partial charge < -0.3 is 19.7 Å². The molecule has 0 amide bonds. The molecule has 18 heavy (non-hydrogen) atoms. The van der Waals surface area contributed by atoms with E-state index in [0.29, 0.717) is 19.6 Å². The first-order chi connectivity index (χ1) is 8.63. The first-order valence-corrected chi connectivity index (χ1v) is 5.93. The van der Waals surface area contributed by atoms with Gasteiger partial charge in [0.05, 0.1) is 26.4 Å². The minimum Gasteiger partial charge on any atom is -0.497 e. The summed E-state index contributed by atoms with van der Waals surface area (Å²) in [6, 6.07) is 5.61. The molecule has 1 aromatic rings. The Kier molecular flexibility index (Phi) is 4.06. The molecule has 1 fully saturated rings. The van der Waals surface area contributed by atoms with Gasteiger partial charge in [-0.3, -0.25) is 4.90 Å². The van der Waals surface area contributed by atoms with Gasteiger partial charge >= 0.3 is 0 Å². The molecule has 1 aromatic carbocycles. The van der Waals surface area contributed by atoms with Crippen LogP contribution in [0.1, 0.15) is 5.56 Å². The molecule has 5 nitrogen and oxygen atoms in total. The molecular weight excluding hydrogens is 234 g/mol. The molecule has 2 N–H and O–H groups in total. The van der Waals surface area contributed by atoms with Gasteiger partial charge in [-0.15, -0.1) is 0 Å². The highest BCUT2D eigenvalue weighted by atomic mass is 16.5. The predicted octanol–water partition coefficient (Wildman–Crippen LogP) is 0.241. The van der Waals surface area contributed by atoms with Crippen molar-refractivity contribution in [2.45, 2.75) is 18.8 Å². The van der Waals surface area contributed by atoms with Crippen LogP contribution in [-0.2, 0) is 6.54 Å². The molecule has 0 bridgehead atoms. The summed E-state index contributed by atoms with van der Waals surface area (Å²) >= 11 is 0. The predicted molar refractivity (Wildman–Crippen MR) is 66.8 cm³/mol. The second-order valence-corrected chi connectivity index (χ2v) is 4.51. The number of nitrogens with zero attached hydrogens (tertiary/aromatic N) is 1. The summed E-state index contributed by atoms with van der Waals surface area (Å²) in [6.07, 6.45) is -1.33. The van der Waals surface area contributed by atoms with Gasteiger partial charge in [0.2, 0.25) is 0 Å². The van der Waals surface area contributed by atoms with Crippen molar-refractivity contribution in [3.8, 4) is 11.5 Å². The third-order valence-corrected chi connectivity index (χ3v) is 3.22. The maximum absolute atomic E-state index is 9.53. The SMILES string of the molecule is COc1ccc(OC)c(CN2C[C@@H](O)[C@@H](O)C2)c1. The number of methoxy groups -OCH3 is 2. The monoisotopic (exact) mass is 253 g/mol. The van der Waals surface area contributed by atoms with Crippen LogP contribution in [0.3, 0.4) is 0 Å². The van der Waals surface area contributed by atoms with E-state index in [1.165, 1.54) is 0 Å². The Morgan fingerprint density at radius 2 is 1.83 bits per heavy atom. The van der Waals surface area contributed by atoms with Crippen molar-refractivity contribution in [1.82, 2.24) is 4.90 Å². The molecule has 5 heteroatoms. The van der Waals surface area contributed by atoms with Crippen molar-refractivity contribution in [1.29, 1.82) is 0 Å². The smallest absolute Gasteiger partial charge is 0.123 e. The average molecular weight is 253 g/mol. The minimum absolute atomic E-state index is 0.474. The fourth-order valence-corrected chi connectivity index (χ4v) is 2.22. The van der Waals surface area contributed by atoms with Crippen LogP contribution >= 0.6 is 0 Å². The number of likely N-dealkylation sites (tertiary alicyclic amines) is 1. The number of ether oxygens (including phenoxy) is 2. The first kappa shape index (κ1) is 13.1. The molecule has 1 aliphatic heterocycles. The lowest BCUT2D eigenvalue weighted by atomic mass is 10.1. The Balaban J connectivity index is 2.12. The van der Waals surface area contributed by atoms with Crippen molar-refractivity contribution >= 4 is 0 Å². The van der Waals surface area contributed by atoms with Gasteiger partial charge in [-0.25, -0.2) is 0 Å². The maximum atomic E-state index is 9.53. The molecular formula is C13H19NO4. The third-order valence-electron chi connectivity index (χ3n) is 3.22. The van der Waals surface area contributed by atoms with E-state index < -0.39 is 12.2 Å². The Hall–Kier alpha value is -1.30. The van der Waals surface area contributed by atoms with E-state index in [-0.39, 0.29) is 0 Å². The van der Waals surface area contributed by atoms with Gasteiger partial charge in [0.1, 0.15) is 11.5 Å². The van der Waals surface area contributed by atoms with Crippen LogP contribution in [-0.4, -0.2) is 54.6 Å². The number of rotatable bonds is 4. The van der Waals surface area contributed by atoms with Crippen molar-refractivity contribution in [3.63, 3.8) is 0 Å². The van der Waals surface area contributed by atoms with Crippen LogP contribution in [0.5, 0.6) is 11.5 Å². The van der Waals surface area contributed by atoms with Gasteiger partial charge in [-0.2, -0.15) is 0 Å². The molecule has 2 atom stereocenters. The number of aliphatic hydroxyl groups excluding tert-OH is 2. The van der Waals surface area contributed by atoms with E-state index in [4.69, 9.17) is 9.47 Å². The van der Waals surface area contributed by atoms with Crippen LogP contribution in [0.25, 0.3) is 0 Å². The fraction of sp³-hybridized carbons (Fsp3) is 0.538. The molecule has 0 saturated carbocycles. The van der Waals surface area contributed by atoms with Crippen molar-refractivity contribution in [3.05, 3.63) is 23.8 Å². The summed E-state index contributed by atoms with van der Waals surface area (Å²) in [5, 5.41) is 19.1. The fourth-order valence-electron chi connectivity index (χ4n) is 2.22. The lowest BCUT2D eigenvalue weighted by Gasteiger charge is -2.17. The van der Waals surface area contributed by atoms with Crippen LogP contribution < -0.4 is 9.47 Å². The van der Waals surface area contributed by atoms with E-state index in [2.05, 4.69) is 0 Å². The molecule has 1 aliphatic rings. The zero-order valence-electron chi connectivity index (χ0n) is 10.7. The molecule has 0 spiro atoms. The lowest BCUT2D eigenvalue weighted by Crippen LogP contribution is -2.22. The summed E-state index contributed by atoms with van der Waals surface area (Å²) < 4.78 is 10.5. The van der Waals surface area contributed by atoms with E-state index in [1.54, 1.807) is 14.2 Å². The van der Waals surface area contributed by atoms with Gasteiger partial charge in [0.25, 0.3) is 0 Å². The van der Waals surface area contributed by atoms with Gasteiger partial charge in [0, 0.05) is 25.2 Å². The molecule has 0 radical (unpaired) electrons. The average Bonchev–Trinajstić information content (AvgIpc) is 2.68. The molecule has 1 saturated heterocycles. The highest BCUT2D eigenvalue weighted by Gasteiger charge is 2.29. The number of hydrogen-bond acceptors (Lipinski definition) is 5. The molecule has 1 heterocycles. The normalized spacial score (nSPS) is 24.2. The largest absolute Gasteiger partial charge is 0.497 e. The number of benzene rings is 1. The lowest BCUT2D eigenvalue weighted by molar-refractivity contribution is 0.0572. The minimum atomic E-state index is -0.665. The van der Waals surface area contributed by atoms with Crippen molar-refractivity contribution in [2.24, 2.45) is 0 Å². The third kappa shape index (κ3) is 2.75. The van der Waals surface area contributed by atoms with Crippen LogP contribution in [0.4, 0.5) is 0 Å². The van der Waals surface area contributed by atoms with E-state index in [0.717, 1.165) is 17.1 Å². The first-order valence-electron chi connectivity index (χ1n) is 5.93. The van der Waals surface area contributed by atoms with E-state index in [9.17, 15) is 10.2 Å². The number of hydrogen-bond donors (Lipinski definition) is 2. The molecule has 2 rings (SSSR count). The van der Waals surface area contributed by atoms with Crippen molar-refractivity contribution in [2.75, 3.05) is 27.3 Å². The maximum Gasteiger partial charge on any atom is 0.123 e. The number of aliphatic hydroxyl groups is 2. The Bertz CT molecular complexity index is 400. The Morgan fingerprint density at radius 1 is 1.17 bits per heavy atom. The standard InChI is InChI=1S/C13H19NO4/c1-17-10-3-4-13(18-2)9(5-10)6-14-7-11(15)12(16)8-14/h3-5,11-12,15-16H,6-8H2,1-2H3/t11-,12+. The Morgan fingerprint density at radius 3 is 2.39 bits per heavy atom. The van der Waals surface area contributed by atoms with E-state index in [1.807, 2.05) is 23.1 Å². The summed E-state index contributed by atoms with van der Waals surface area (Å²) in [5.41, 5.74) is 0.984. The summed E-state index contributed by atoms with van der Waals surface area (Å²) in [7, 11) is 3.24. The van der Waals surface area contributed by atoms with Crippen molar-refractivity contribution < 1.29 is 19.7 Å². The summed E-state index contributed by atoms with van der Waals surface area (Å²) in [4.78, 5) is 1.99. The highest BCUT2D eigenvalue weighted by Crippen LogP contribution is 2.26. The quantitative estimate of drug-likeness (QED) is 0.805. The molecule has 0 unspecified atom stereocenters. The molecule has 0 aliphatic carbocycles. The zero-order chi connectivity index (χ0) is 13.1. The van der Waals surface area contributed by atoms with E-state index >= 15 is 0 Å². The molecule has 0 aromatic heterocycles. The Labute approximate surface area is 107 Å². The topological polar surface area (TPSA) is 62.2 Å². The second kappa shape index (κ2) is 5.56. The van der Waals surface area contributed by atoms with Gasteiger partial charge in [-0.1, -0.05) is 0 Å². The zero-order valence-corrected chi connectivity index (χ0v) is 10.7. The summed E-state index contributed by atoms with van der Waals surface area (Å²) in [6.45, 7) is 1.57. The second-order valence-electron chi connectivity index (χ2n) is 4.51.